The number of pyridine rings is 1. The molecule has 1 aromatic heterocycles. The van der Waals surface area contributed by atoms with E-state index in [0.717, 1.165) is 42.9 Å². The molecule has 3 rings (SSSR count). The van der Waals surface area contributed by atoms with E-state index in [4.69, 9.17) is 4.74 Å². The number of rotatable bonds is 5. The first kappa shape index (κ1) is 17.3. The van der Waals surface area contributed by atoms with Crippen LogP contribution in [0.1, 0.15) is 41.7 Å². The molecule has 1 fully saturated rings. The van der Waals surface area contributed by atoms with Gasteiger partial charge in [-0.25, -0.2) is 0 Å². The minimum atomic E-state index is 0.0304. The van der Waals surface area contributed by atoms with Crippen molar-refractivity contribution >= 4 is 11.6 Å². The van der Waals surface area contributed by atoms with E-state index in [1.165, 1.54) is 12.8 Å². The van der Waals surface area contributed by atoms with E-state index >= 15 is 0 Å². The lowest BCUT2D eigenvalue weighted by atomic mass is 10.2. The number of hydrogen-bond donors (Lipinski definition) is 1. The lowest BCUT2D eigenvalue weighted by molar-refractivity contribution is 0.0756. The van der Waals surface area contributed by atoms with Gasteiger partial charge in [-0.3, -0.25) is 9.78 Å². The molecule has 5 heteroatoms. The Kier molecular flexibility index (Phi) is 5.88. The highest BCUT2D eigenvalue weighted by molar-refractivity contribution is 5.93. The summed E-state index contributed by atoms with van der Waals surface area (Å²) < 4.78 is 5.37. The van der Waals surface area contributed by atoms with Gasteiger partial charge in [-0.05, 0) is 31.0 Å². The van der Waals surface area contributed by atoms with Gasteiger partial charge in [-0.1, -0.05) is 31.0 Å². The molecule has 0 aliphatic carbocycles. The Balaban J connectivity index is 1.67. The summed E-state index contributed by atoms with van der Waals surface area (Å²) in [7, 11) is 1.67. The van der Waals surface area contributed by atoms with Crippen LogP contribution in [0.15, 0.2) is 42.6 Å². The van der Waals surface area contributed by atoms with Crippen LogP contribution in [-0.2, 0) is 6.54 Å². The summed E-state index contributed by atoms with van der Waals surface area (Å²) >= 11 is 0. The van der Waals surface area contributed by atoms with E-state index < -0.39 is 0 Å². The predicted octanol–water partition coefficient (Wildman–Crippen LogP) is 3.72. The van der Waals surface area contributed by atoms with Gasteiger partial charge in [0.1, 0.15) is 11.4 Å². The smallest absolute Gasteiger partial charge is 0.272 e. The SMILES string of the molecule is COc1ccccc1CNc1ccnc(C(=O)N2CCCCCC2)c1. The van der Waals surface area contributed by atoms with E-state index in [1.807, 2.05) is 41.3 Å². The Hall–Kier alpha value is -2.56. The third-order valence-electron chi connectivity index (χ3n) is 4.55. The average molecular weight is 339 g/mol. The second-order valence-electron chi connectivity index (χ2n) is 6.30. The van der Waals surface area contributed by atoms with Crippen molar-refractivity contribution in [2.24, 2.45) is 0 Å². The van der Waals surface area contributed by atoms with E-state index in [2.05, 4.69) is 10.3 Å². The highest BCUT2D eigenvalue weighted by Gasteiger charge is 2.18. The van der Waals surface area contributed by atoms with Crippen molar-refractivity contribution in [2.75, 3.05) is 25.5 Å². The fraction of sp³-hybridized carbons (Fsp3) is 0.400. The number of aromatic nitrogens is 1. The Bertz CT molecular complexity index is 710. The van der Waals surface area contributed by atoms with E-state index in [9.17, 15) is 4.79 Å². The van der Waals surface area contributed by atoms with Gasteiger partial charge in [0.25, 0.3) is 5.91 Å². The van der Waals surface area contributed by atoms with Crippen molar-refractivity contribution in [3.05, 3.63) is 53.9 Å². The molecule has 2 aromatic rings. The molecule has 0 radical (unpaired) electrons. The third-order valence-corrected chi connectivity index (χ3v) is 4.55. The van der Waals surface area contributed by atoms with Crippen molar-refractivity contribution < 1.29 is 9.53 Å². The van der Waals surface area contributed by atoms with Gasteiger partial charge >= 0.3 is 0 Å². The van der Waals surface area contributed by atoms with Crippen LogP contribution in [0, 0.1) is 0 Å². The maximum atomic E-state index is 12.7. The minimum absolute atomic E-state index is 0.0304. The molecule has 1 aliphatic rings. The zero-order valence-electron chi connectivity index (χ0n) is 14.7. The van der Waals surface area contributed by atoms with Gasteiger partial charge in [0.2, 0.25) is 0 Å². The van der Waals surface area contributed by atoms with Crippen LogP contribution in [0.2, 0.25) is 0 Å². The fourth-order valence-corrected chi connectivity index (χ4v) is 3.14. The van der Waals surface area contributed by atoms with Crippen molar-refractivity contribution in [1.29, 1.82) is 0 Å². The second-order valence-corrected chi connectivity index (χ2v) is 6.30. The molecule has 25 heavy (non-hydrogen) atoms. The Morgan fingerprint density at radius 2 is 1.92 bits per heavy atom. The number of likely N-dealkylation sites (tertiary alicyclic amines) is 1. The van der Waals surface area contributed by atoms with Crippen LogP contribution in [-0.4, -0.2) is 36.0 Å². The van der Waals surface area contributed by atoms with Crippen molar-refractivity contribution in [3.8, 4) is 5.75 Å². The molecule has 0 bridgehead atoms. The summed E-state index contributed by atoms with van der Waals surface area (Å²) in [5.41, 5.74) is 2.47. The molecular weight excluding hydrogens is 314 g/mol. The maximum absolute atomic E-state index is 12.7. The van der Waals surface area contributed by atoms with Crippen molar-refractivity contribution in [1.82, 2.24) is 9.88 Å². The Labute approximate surface area is 149 Å². The number of amides is 1. The summed E-state index contributed by atoms with van der Waals surface area (Å²) in [6.45, 7) is 2.30. The van der Waals surface area contributed by atoms with Gasteiger partial charge < -0.3 is 15.0 Å². The van der Waals surface area contributed by atoms with Gasteiger partial charge in [0, 0.05) is 37.1 Å². The first-order valence-electron chi connectivity index (χ1n) is 8.89. The average Bonchev–Trinajstić information content (AvgIpc) is 2.95. The van der Waals surface area contributed by atoms with E-state index in [-0.39, 0.29) is 5.91 Å². The first-order chi connectivity index (χ1) is 12.3. The number of benzene rings is 1. The molecule has 1 N–H and O–H groups in total. The molecule has 1 saturated heterocycles. The lowest BCUT2D eigenvalue weighted by Gasteiger charge is -2.20. The number of ether oxygens (including phenoxy) is 1. The summed E-state index contributed by atoms with van der Waals surface area (Å²) in [5.74, 6) is 0.882. The molecule has 1 amide bonds. The Morgan fingerprint density at radius 1 is 1.16 bits per heavy atom. The monoisotopic (exact) mass is 339 g/mol. The summed E-state index contributed by atoms with van der Waals surface area (Å²) in [4.78, 5) is 18.9. The van der Waals surface area contributed by atoms with E-state index in [1.54, 1.807) is 13.3 Å². The highest BCUT2D eigenvalue weighted by Crippen LogP contribution is 2.20. The maximum Gasteiger partial charge on any atom is 0.272 e. The standard InChI is InChI=1S/C20H25N3O2/c1-25-19-9-5-4-8-16(19)15-22-17-10-11-21-18(14-17)20(24)23-12-6-2-3-7-13-23/h4-5,8-11,14H,2-3,6-7,12-13,15H2,1H3,(H,21,22). The van der Waals surface area contributed by atoms with Crippen LogP contribution in [0.3, 0.4) is 0 Å². The zero-order valence-corrected chi connectivity index (χ0v) is 14.7. The number of methoxy groups -OCH3 is 1. The van der Waals surface area contributed by atoms with Crippen LogP contribution in [0.4, 0.5) is 5.69 Å². The van der Waals surface area contributed by atoms with Gasteiger partial charge in [-0.2, -0.15) is 0 Å². The van der Waals surface area contributed by atoms with Crippen LogP contribution in [0.5, 0.6) is 5.75 Å². The molecule has 2 heterocycles. The van der Waals surface area contributed by atoms with Crippen LogP contribution >= 0.6 is 0 Å². The minimum Gasteiger partial charge on any atom is -0.496 e. The predicted molar refractivity (Wildman–Crippen MR) is 98.9 cm³/mol. The lowest BCUT2D eigenvalue weighted by Crippen LogP contribution is -2.32. The van der Waals surface area contributed by atoms with E-state index in [0.29, 0.717) is 12.2 Å². The van der Waals surface area contributed by atoms with Gasteiger partial charge in [0.15, 0.2) is 0 Å². The number of carbonyl (C=O) groups excluding carboxylic acids is 1. The molecule has 0 saturated carbocycles. The second kappa shape index (κ2) is 8.51. The normalized spacial score (nSPS) is 14.7. The summed E-state index contributed by atoms with van der Waals surface area (Å²) in [5, 5.41) is 3.36. The Morgan fingerprint density at radius 3 is 2.68 bits per heavy atom. The highest BCUT2D eigenvalue weighted by atomic mass is 16.5. The van der Waals surface area contributed by atoms with Crippen molar-refractivity contribution in [2.45, 2.75) is 32.2 Å². The molecule has 1 aliphatic heterocycles. The number of para-hydroxylation sites is 1. The third kappa shape index (κ3) is 4.50. The molecule has 0 atom stereocenters. The molecule has 5 nitrogen and oxygen atoms in total. The van der Waals surface area contributed by atoms with Gasteiger partial charge in [-0.15, -0.1) is 0 Å². The van der Waals surface area contributed by atoms with Crippen LogP contribution < -0.4 is 10.1 Å². The summed E-state index contributed by atoms with van der Waals surface area (Å²) in [6.07, 6.45) is 6.26. The van der Waals surface area contributed by atoms with Crippen LogP contribution in [0.25, 0.3) is 0 Å². The largest absolute Gasteiger partial charge is 0.496 e. The number of carbonyl (C=O) groups is 1. The molecular formula is C20H25N3O2. The molecule has 0 unspecified atom stereocenters. The molecule has 132 valence electrons. The zero-order chi connectivity index (χ0) is 17.5. The van der Waals surface area contributed by atoms with Crippen molar-refractivity contribution in [3.63, 3.8) is 0 Å². The van der Waals surface area contributed by atoms with Gasteiger partial charge in [0.05, 0.1) is 7.11 Å². The fourth-order valence-electron chi connectivity index (χ4n) is 3.14. The summed E-state index contributed by atoms with van der Waals surface area (Å²) in [6, 6.07) is 11.6. The number of hydrogen-bond acceptors (Lipinski definition) is 4. The number of nitrogens with one attached hydrogen (secondary N) is 1. The number of nitrogens with zero attached hydrogens (tertiary/aromatic N) is 2. The topological polar surface area (TPSA) is 54.5 Å². The molecule has 0 spiro atoms. The quantitative estimate of drug-likeness (QED) is 0.902. The molecule has 1 aromatic carbocycles. The first-order valence-corrected chi connectivity index (χ1v) is 8.89. The number of anilines is 1.